The molecule has 4 heteroatoms. The number of hydrogen-bond acceptors (Lipinski definition) is 1. The largest absolute Gasteiger partial charge is 0.416 e. The minimum Gasteiger partial charge on any atom is -0.299 e. The molecule has 0 aromatic heterocycles. The van der Waals surface area contributed by atoms with Crippen molar-refractivity contribution in [3.8, 4) is 0 Å². The number of carbonyl (C=O) groups excluding carboxylic acids is 1. The smallest absolute Gasteiger partial charge is 0.299 e. The SMILES string of the molecule is CCC1C(=O)CC1c1ccccc1C(F)(F)F. The number of ketones is 1. The zero-order valence-electron chi connectivity index (χ0n) is 9.42. The van der Waals surface area contributed by atoms with Crippen molar-refractivity contribution in [1.82, 2.24) is 0 Å². The standard InChI is InChI=1S/C13H13F3O/c1-2-8-10(7-12(8)17)9-5-3-4-6-11(9)13(14,15)16/h3-6,8,10H,2,7H2,1H3. The average Bonchev–Trinajstić information content (AvgIpc) is 2.25. The van der Waals surface area contributed by atoms with Gasteiger partial charge in [0, 0.05) is 18.3 Å². The third-order valence-electron chi connectivity index (χ3n) is 3.43. The Kier molecular flexibility index (Phi) is 2.98. The lowest BCUT2D eigenvalue weighted by Gasteiger charge is -2.36. The van der Waals surface area contributed by atoms with Crippen LogP contribution >= 0.6 is 0 Å². The zero-order valence-corrected chi connectivity index (χ0v) is 9.42. The Morgan fingerprint density at radius 1 is 1.29 bits per heavy atom. The van der Waals surface area contributed by atoms with E-state index in [9.17, 15) is 18.0 Å². The lowest BCUT2D eigenvalue weighted by molar-refractivity contribution is -0.140. The van der Waals surface area contributed by atoms with E-state index < -0.39 is 11.7 Å². The van der Waals surface area contributed by atoms with Crippen LogP contribution in [0.25, 0.3) is 0 Å². The highest BCUT2D eigenvalue weighted by Crippen LogP contribution is 2.45. The summed E-state index contributed by atoms with van der Waals surface area (Å²) in [5.74, 6) is -0.418. The third-order valence-corrected chi connectivity index (χ3v) is 3.43. The molecule has 1 aliphatic carbocycles. The van der Waals surface area contributed by atoms with Gasteiger partial charge in [-0.05, 0) is 18.1 Å². The highest BCUT2D eigenvalue weighted by atomic mass is 19.4. The van der Waals surface area contributed by atoms with E-state index in [0.29, 0.717) is 6.42 Å². The molecule has 92 valence electrons. The molecule has 2 atom stereocenters. The van der Waals surface area contributed by atoms with Crippen molar-refractivity contribution < 1.29 is 18.0 Å². The van der Waals surface area contributed by atoms with E-state index >= 15 is 0 Å². The molecule has 0 bridgehead atoms. The molecule has 2 rings (SSSR count). The van der Waals surface area contributed by atoms with Gasteiger partial charge in [0.15, 0.2) is 0 Å². The molecular weight excluding hydrogens is 229 g/mol. The van der Waals surface area contributed by atoms with Gasteiger partial charge in [0.25, 0.3) is 0 Å². The van der Waals surface area contributed by atoms with Gasteiger partial charge in [0.2, 0.25) is 0 Å². The highest BCUT2D eigenvalue weighted by Gasteiger charge is 2.43. The van der Waals surface area contributed by atoms with Crippen LogP contribution in [0.3, 0.4) is 0 Å². The van der Waals surface area contributed by atoms with Crippen LogP contribution in [0.2, 0.25) is 0 Å². The highest BCUT2D eigenvalue weighted by molar-refractivity contribution is 5.89. The van der Waals surface area contributed by atoms with Gasteiger partial charge in [-0.1, -0.05) is 25.1 Å². The predicted molar refractivity (Wildman–Crippen MR) is 57.6 cm³/mol. The first-order chi connectivity index (χ1) is 7.95. The maximum atomic E-state index is 12.8. The predicted octanol–water partition coefficient (Wildman–Crippen LogP) is 3.79. The van der Waals surface area contributed by atoms with Crippen molar-refractivity contribution in [2.24, 2.45) is 5.92 Å². The van der Waals surface area contributed by atoms with Crippen LogP contribution < -0.4 is 0 Å². The van der Waals surface area contributed by atoms with Crippen molar-refractivity contribution >= 4 is 5.78 Å². The van der Waals surface area contributed by atoms with Crippen molar-refractivity contribution in [1.29, 1.82) is 0 Å². The van der Waals surface area contributed by atoms with Gasteiger partial charge < -0.3 is 0 Å². The van der Waals surface area contributed by atoms with Crippen LogP contribution in [0, 0.1) is 5.92 Å². The van der Waals surface area contributed by atoms with E-state index in [1.165, 1.54) is 12.1 Å². The van der Waals surface area contributed by atoms with Crippen molar-refractivity contribution in [2.45, 2.75) is 31.9 Å². The monoisotopic (exact) mass is 242 g/mol. The van der Waals surface area contributed by atoms with Crippen LogP contribution in [-0.4, -0.2) is 5.78 Å². The van der Waals surface area contributed by atoms with Crippen molar-refractivity contribution in [2.75, 3.05) is 0 Å². The average molecular weight is 242 g/mol. The molecule has 0 saturated heterocycles. The lowest BCUT2D eigenvalue weighted by Crippen LogP contribution is -2.35. The number of alkyl halides is 3. The maximum Gasteiger partial charge on any atom is 0.416 e. The van der Waals surface area contributed by atoms with Crippen LogP contribution in [-0.2, 0) is 11.0 Å². The van der Waals surface area contributed by atoms with Gasteiger partial charge >= 0.3 is 6.18 Å². The summed E-state index contributed by atoms with van der Waals surface area (Å²) in [5.41, 5.74) is -0.331. The van der Waals surface area contributed by atoms with E-state index in [1.54, 1.807) is 6.07 Å². The number of rotatable bonds is 2. The fraction of sp³-hybridized carbons (Fsp3) is 0.462. The molecule has 0 spiro atoms. The second kappa shape index (κ2) is 4.17. The van der Waals surface area contributed by atoms with Crippen LogP contribution in [0.5, 0.6) is 0 Å². The van der Waals surface area contributed by atoms with E-state index in [4.69, 9.17) is 0 Å². The van der Waals surface area contributed by atoms with Crippen LogP contribution in [0.1, 0.15) is 36.8 Å². The molecule has 1 saturated carbocycles. The lowest BCUT2D eigenvalue weighted by atomic mass is 9.67. The molecule has 0 radical (unpaired) electrons. The van der Waals surface area contributed by atoms with Crippen LogP contribution in [0.4, 0.5) is 13.2 Å². The Morgan fingerprint density at radius 3 is 2.47 bits per heavy atom. The molecule has 0 N–H and O–H groups in total. The van der Waals surface area contributed by atoms with E-state index in [1.807, 2.05) is 6.92 Å². The molecule has 0 heterocycles. The Labute approximate surface area is 97.6 Å². The second-order valence-electron chi connectivity index (χ2n) is 4.38. The summed E-state index contributed by atoms with van der Waals surface area (Å²) in [6, 6.07) is 5.56. The fourth-order valence-corrected chi connectivity index (χ4v) is 2.49. The van der Waals surface area contributed by atoms with E-state index in [0.717, 1.165) is 6.07 Å². The Balaban J connectivity index is 2.37. The van der Waals surface area contributed by atoms with Gasteiger partial charge in [-0.15, -0.1) is 0 Å². The molecule has 0 amide bonds. The molecular formula is C13H13F3O. The minimum absolute atomic E-state index is 0.0782. The first-order valence-corrected chi connectivity index (χ1v) is 5.64. The number of halogens is 3. The summed E-state index contributed by atoms with van der Waals surface area (Å²) in [5, 5.41) is 0. The molecule has 1 aliphatic rings. The quantitative estimate of drug-likeness (QED) is 0.771. The summed E-state index contributed by atoms with van der Waals surface area (Å²) < 4.78 is 38.4. The summed E-state index contributed by atoms with van der Waals surface area (Å²) in [7, 11) is 0. The number of hydrogen-bond donors (Lipinski definition) is 0. The molecule has 1 nitrogen and oxygen atoms in total. The first-order valence-electron chi connectivity index (χ1n) is 5.64. The first kappa shape index (κ1) is 12.1. The van der Waals surface area contributed by atoms with Gasteiger partial charge in [0.1, 0.15) is 5.78 Å². The molecule has 2 unspecified atom stereocenters. The third kappa shape index (κ3) is 2.08. The molecule has 0 aliphatic heterocycles. The second-order valence-corrected chi connectivity index (χ2v) is 4.38. The van der Waals surface area contributed by atoms with Gasteiger partial charge in [-0.25, -0.2) is 0 Å². The maximum absolute atomic E-state index is 12.8. The Morgan fingerprint density at radius 2 is 1.94 bits per heavy atom. The number of benzene rings is 1. The number of carbonyl (C=O) groups is 1. The van der Waals surface area contributed by atoms with Crippen LogP contribution in [0.15, 0.2) is 24.3 Å². The molecule has 1 fully saturated rings. The normalized spacial score (nSPS) is 24.6. The Hall–Kier alpha value is -1.32. The number of Topliss-reactive ketones (excluding diaryl/α,β-unsaturated/α-hetero) is 1. The summed E-state index contributed by atoms with van der Waals surface area (Å²) >= 11 is 0. The Bertz CT molecular complexity index is 437. The van der Waals surface area contributed by atoms with Gasteiger partial charge in [0.05, 0.1) is 5.56 Å². The minimum atomic E-state index is -4.34. The van der Waals surface area contributed by atoms with Crippen molar-refractivity contribution in [3.63, 3.8) is 0 Å². The fourth-order valence-electron chi connectivity index (χ4n) is 2.49. The summed E-state index contributed by atoms with van der Waals surface area (Å²) in [6.45, 7) is 1.84. The topological polar surface area (TPSA) is 17.1 Å². The zero-order chi connectivity index (χ0) is 12.6. The summed E-state index contributed by atoms with van der Waals surface area (Å²) in [4.78, 5) is 11.3. The van der Waals surface area contributed by atoms with Gasteiger partial charge in [-0.3, -0.25) is 4.79 Å². The molecule has 17 heavy (non-hydrogen) atoms. The molecule has 1 aromatic carbocycles. The van der Waals surface area contributed by atoms with Crippen molar-refractivity contribution in [3.05, 3.63) is 35.4 Å². The summed E-state index contributed by atoms with van der Waals surface area (Å²) in [6.07, 6.45) is -3.49. The van der Waals surface area contributed by atoms with Gasteiger partial charge in [-0.2, -0.15) is 13.2 Å². The van der Waals surface area contributed by atoms with E-state index in [-0.39, 0.29) is 29.6 Å². The van der Waals surface area contributed by atoms with E-state index in [2.05, 4.69) is 0 Å². The molecule has 1 aromatic rings.